The first-order valence-corrected chi connectivity index (χ1v) is 6.61. The normalized spacial score (nSPS) is 21.1. The Hall–Kier alpha value is -1.84. The summed E-state index contributed by atoms with van der Waals surface area (Å²) in [6.45, 7) is 10.1. The van der Waals surface area contributed by atoms with Crippen molar-refractivity contribution in [3.05, 3.63) is 35.6 Å². The van der Waals surface area contributed by atoms with Crippen molar-refractivity contribution in [1.82, 2.24) is 10.6 Å². The van der Waals surface area contributed by atoms with Crippen LogP contribution in [0.3, 0.4) is 0 Å². The maximum absolute atomic E-state index is 11.7. The van der Waals surface area contributed by atoms with E-state index >= 15 is 0 Å². The van der Waals surface area contributed by atoms with Gasteiger partial charge in [0.2, 0.25) is 11.8 Å². The van der Waals surface area contributed by atoms with Crippen LogP contribution in [-0.4, -0.2) is 17.9 Å². The van der Waals surface area contributed by atoms with Crippen molar-refractivity contribution >= 4 is 11.8 Å². The van der Waals surface area contributed by atoms with Crippen LogP contribution < -0.4 is 10.6 Å². The van der Waals surface area contributed by atoms with Gasteiger partial charge in [-0.05, 0) is 32.3 Å². The van der Waals surface area contributed by atoms with E-state index in [1.165, 1.54) is 5.57 Å². The van der Waals surface area contributed by atoms with E-state index in [-0.39, 0.29) is 17.9 Å². The first kappa shape index (κ1) is 15.2. The van der Waals surface area contributed by atoms with Crippen molar-refractivity contribution in [3.8, 4) is 0 Å². The van der Waals surface area contributed by atoms with E-state index in [0.717, 1.165) is 17.7 Å². The van der Waals surface area contributed by atoms with Crippen molar-refractivity contribution < 1.29 is 9.59 Å². The molecular weight excluding hydrogens is 240 g/mol. The number of rotatable bonds is 5. The quantitative estimate of drug-likeness (QED) is 0.590. The van der Waals surface area contributed by atoms with Crippen molar-refractivity contribution in [2.45, 2.75) is 46.1 Å². The zero-order valence-electron chi connectivity index (χ0n) is 11.9. The van der Waals surface area contributed by atoms with Crippen LogP contribution in [0.4, 0.5) is 0 Å². The Labute approximate surface area is 114 Å². The summed E-state index contributed by atoms with van der Waals surface area (Å²) in [6, 6.07) is -0.380. The number of hydrogen-bond donors (Lipinski definition) is 2. The lowest BCUT2D eigenvalue weighted by Crippen LogP contribution is -2.50. The third-order valence-corrected chi connectivity index (χ3v) is 3.24. The average molecular weight is 262 g/mol. The van der Waals surface area contributed by atoms with E-state index in [0.29, 0.717) is 12.8 Å². The van der Waals surface area contributed by atoms with Crippen molar-refractivity contribution in [2.75, 3.05) is 0 Å². The summed E-state index contributed by atoms with van der Waals surface area (Å²) < 4.78 is 0. The van der Waals surface area contributed by atoms with Crippen molar-refractivity contribution in [3.63, 3.8) is 0 Å². The molecule has 1 aliphatic rings. The summed E-state index contributed by atoms with van der Waals surface area (Å²) in [4.78, 5) is 22.8. The molecule has 0 aromatic heterocycles. The van der Waals surface area contributed by atoms with Crippen LogP contribution in [0, 0.1) is 0 Å². The summed E-state index contributed by atoms with van der Waals surface area (Å²) in [6.07, 6.45) is 5.74. The van der Waals surface area contributed by atoms with Gasteiger partial charge in [-0.3, -0.25) is 14.9 Å². The Bertz CT molecular complexity index is 447. The van der Waals surface area contributed by atoms with E-state index < -0.39 is 0 Å². The number of imide groups is 1. The number of hydrogen-bond acceptors (Lipinski definition) is 3. The highest BCUT2D eigenvalue weighted by Gasteiger charge is 2.26. The molecule has 0 aromatic rings. The molecule has 1 rings (SSSR count). The highest BCUT2D eigenvalue weighted by molar-refractivity contribution is 6.00. The standard InChI is InChI=1S/C15H22N2O2/c1-5-7-12(10(3)6-2)11(4)16-13-8-9-14(18)17-15(13)19/h5,7,13,16H,4,6,8-9H2,1-3H3,(H,17,18,19)/b7-5?,12-10-. The maximum Gasteiger partial charge on any atom is 0.249 e. The predicted molar refractivity (Wildman–Crippen MR) is 76.3 cm³/mol. The third-order valence-electron chi connectivity index (χ3n) is 3.24. The van der Waals surface area contributed by atoms with Gasteiger partial charge in [0.1, 0.15) is 6.04 Å². The van der Waals surface area contributed by atoms with Crippen molar-refractivity contribution in [2.24, 2.45) is 0 Å². The SMILES string of the molecule is C=C(NC1CCC(=O)NC1=O)/C(C=CC)=C(/C)CC. The summed E-state index contributed by atoms with van der Waals surface area (Å²) in [7, 11) is 0. The second-order valence-corrected chi connectivity index (χ2v) is 4.67. The molecule has 2 amide bonds. The van der Waals surface area contributed by atoms with E-state index in [4.69, 9.17) is 0 Å². The molecule has 1 fully saturated rings. The largest absolute Gasteiger partial charge is 0.374 e. The fraction of sp³-hybridized carbons (Fsp3) is 0.467. The molecule has 4 nitrogen and oxygen atoms in total. The Morgan fingerprint density at radius 2 is 2.21 bits per heavy atom. The molecule has 1 saturated heterocycles. The first-order chi connectivity index (χ1) is 8.99. The molecule has 0 spiro atoms. The lowest BCUT2D eigenvalue weighted by molar-refractivity contribution is -0.134. The number of allylic oxidation sites excluding steroid dienone is 3. The van der Waals surface area contributed by atoms with E-state index in [2.05, 4.69) is 24.1 Å². The molecule has 0 aromatic carbocycles. The molecular formula is C15H22N2O2. The second kappa shape index (κ2) is 6.92. The molecule has 0 saturated carbocycles. The topological polar surface area (TPSA) is 58.2 Å². The van der Waals surface area contributed by atoms with Gasteiger partial charge in [0.05, 0.1) is 0 Å². The summed E-state index contributed by atoms with van der Waals surface area (Å²) in [5.74, 6) is -0.478. The van der Waals surface area contributed by atoms with E-state index in [9.17, 15) is 9.59 Å². The highest BCUT2D eigenvalue weighted by Crippen LogP contribution is 2.17. The van der Waals surface area contributed by atoms with Gasteiger partial charge in [-0.15, -0.1) is 0 Å². The van der Waals surface area contributed by atoms with Gasteiger partial charge in [-0.1, -0.05) is 31.2 Å². The minimum Gasteiger partial charge on any atom is -0.374 e. The Morgan fingerprint density at radius 1 is 1.53 bits per heavy atom. The zero-order chi connectivity index (χ0) is 14.4. The Balaban J connectivity index is 2.78. The summed E-state index contributed by atoms with van der Waals surface area (Å²) >= 11 is 0. The molecule has 4 heteroatoms. The summed E-state index contributed by atoms with van der Waals surface area (Å²) in [5.41, 5.74) is 2.96. The van der Waals surface area contributed by atoms with E-state index in [1.807, 2.05) is 26.0 Å². The monoisotopic (exact) mass is 262 g/mol. The van der Waals surface area contributed by atoms with Crippen LogP contribution in [-0.2, 0) is 9.59 Å². The molecule has 19 heavy (non-hydrogen) atoms. The average Bonchev–Trinajstić information content (AvgIpc) is 2.38. The second-order valence-electron chi connectivity index (χ2n) is 4.67. The van der Waals surface area contributed by atoms with Crippen LogP contribution >= 0.6 is 0 Å². The van der Waals surface area contributed by atoms with Crippen molar-refractivity contribution in [1.29, 1.82) is 0 Å². The maximum atomic E-state index is 11.7. The number of carbonyl (C=O) groups excluding carboxylic acids is 2. The van der Waals surface area contributed by atoms with Crippen LogP contribution in [0.25, 0.3) is 0 Å². The van der Waals surface area contributed by atoms with Gasteiger partial charge >= 0.3 is 0 Å². The highest BCUT2D eigenvalue weighted by atomic mass is 16.2. The molecule has 1 atom stereocenters. The third kappa shape index (κ3) is 4.09. The van der Waals surface area contributed by atoms with Gasteiger partial charge < -0.3 is 5.32 Å². The lowest BCUT2D eigenvalue weighted by atomic mass is 10.0. The minimum atomic E-state index is -0.380. The first-order valence-electron chi connectivity index (χ1n) is 6.61. The van der Waals surface area contributed by atoms with Gasteiger partial charge in [-0.2, -0.15) is 0 Å². The number of carbonyl (C=O) groups is 2. The molecule has 1 aliphatic heterocycles. The molecule has 0 radical (unpaired) electrons. The molecule has 0 bridgehead atoms. The Kier molecular flexibility index (Phi) is 5.55. The van der Waals surface area contributed by atoms with Crippen LogP contribution in [0.1, 0.15) is 40.0 Å². The van der Waals surface area contributed by atoms with Gasteiger partial charge in [0, 0.05) is 12.1 Å². The number of amides is 2. The van der Waals surface area contributed by atoms with Gasteiger partial charge in [-0.25, -0.2) is 0 Å². The zero-order valence-corrected chi connectivity index (χ0v) is 11.9. The van der Waals surface area contributed by atoms with Crippen LogP contribution in [0.15, 0.2) is 35.6 Å². The van der Waals surface area contributed by atoms with E-state index in [1.54, 1.807) is 0 Å². The molecule has 0 aliphatic carbocycles. The Morgan fingerprint density at radius 3 is 2.74 bits per heavy atom. The van der Waals surface area contributed by atoms with Crippen LogP contribution in [0.2, 0.25) is 0 Å². The fourth-order valence-electron chi connectivity index (χ4n) is 1.98. The molecule has 1 unspecified atom stereocenters. The molecule has 1 heterocycles. The molecule has 104 valence electrons. The molecule has 2 N–H and O–H groups in total. The van der Waals surface area contributed by atoms with Crippen LogP contribution in [0.5, 0.6) is 0 Å². The van der Waals surface area contributed by atoms with Gasteiger partial charge in [0.15, 0.2) is 0 Å². The summed E-state index contributed by atoms with van der Waals surface area (Å²) in [5, 5.41) is 5.45. The lowest BCUT2D eigenvalue weighted by Gasteiger charge is -2.24. The smallest absolute Gasteiger partial charge is 0.249 e. The number of piperidine rings is 1. The predicted octanol–water partition coefficient (Wildman–Crippen LogP) is 2.20. The minimum absolute atomic E-state index is 0.206. The fourth-order valence-corrected chi connectivity index (χ4v) is 1.98. The van der Waals surface area contributed by atoms with Gasteiger partial charge in [0.25, 0.3) is 0 Å². The number of nitrogens with one attached hydrogen (secondary N) is 2.